The van der Waals surface area contributed by atoms with Gasteiger partial charge in [-0.2, -0.15) is 0 Å². The summed E-state index contributed by atoms with van der Waals surface area (Å²) in [5.41, 5.74) is 2.25. The third-order valence-electron chi connectivity index (χ3n) is 5.31. The summed E-state index contributed by atoms with van der Waals surface area (Å²) in [6, 6.07) is 13.5. The van der Waals surface area contributed by atoms with E-state index in [0.717, 1.165) is 18.7 Å². The highest BCUT2D eigenvalue weighted by atomic mass is 32.2. The highest BCUT2D eigenvalue weighted by Gasteiger charge is 2.21. The quantitative estimate of drug-likeness (QED) is 0.726. The average Bonchev–Trinajstić information content (AvgIpc) is 2.73. The van der Waals surface area contributed by atoms with E-state index in [2.05, 4.69) is 33.4 Å². The van der Waals surface area contributed by atoms with Gasteiger partial charge in [0.1, 0.15) is 0 Å². The molecule has 1 aliphatic heterocycles. The van der Waals surface area contributed by atoms with Gasteiger partial charge in [-0.25, -0.2) is 17.9 Å². The molecule has 7 heteroatoms. The highest BCUT2D eigenvalue weighted by molar-refractivity contribution is 7.89. The van der Waals surface area contributed by atoms with Crippen molar-refractivity contribution in [1.82, 2.24) is 4.72 Å². The second-order valence-corrected chi connectivity index (χ2v) is 9.36. The van der Waals surface area contributed by atoms with Crippen molar-refractivity contribution in [2.24, 2.45) is 5.92 Å². The van der Waals surface area contributed by atoms with Crippen LogP contribution in [0.4, 0.5) is 5.69 Å². The largest absolute Gasteiger partial charge is 0.465 e. The summed E-state index contributed by atoms with van der Waals surface area (Å²) in [4.78, 5) is 14.1. The van der Waals surface area contributed by atoms with Crippen LogP contribution in [-0.2, 0) is 14.8 Å². The Balaban J connectivity index is 1.72. The number of anilines is 1. The predicted molar refractivity (Wildman–Crippen MR) is 114 cm³/mol. The molecule has 1 aliphatic rings. The topological polar surface area (TPSA) is 75.7 Å². The molecule has 2 aromatic rings. The fourth-order valence-corrected chi connectivity index (χ4v) is 4.95. The van der Waals surface area contributed by atoms with Crippen LogP contribution in [0.25, 0.3) is 0 Å². The van der Waals surface area contributed by atoms with Gasteiger partial charge < -0.3 is 9.64 Å². The van der Waals surface area contributed by atoms with Crippen LogP contribution in [0.5, 0.6) is 0 Å². The Bertz CT molecular complexity index is 957. The normalized spacial score (nSPS) is 18.3. The van der Waals surface area contributed by atoms with E-state index in [4.69, 9.17) is 0 Å². The fourth-order valence-electron chi connectivity index (χ4n) is 3.67. The van der Waals surface area contributed by atoms with Gasteiger partial charge >= 0.3 is 5.97 Å². The van der Waals surface area contributed by atoms with Crippen molar-refractivity contribution >= 4 is 21.7 Å². The van der Waals surface area contributed by atoms with E-state index in [1.165, 1.54) is 49.9 Å². The summed E-state index contributed by atoms with van der Waals surface area (Å²) >= 11 is 0. The number of hydrogen-bond acceptors (Lipinski definition) is 5. The zero-order valence-corrected chi connectivity index (χ0v) is 17.9. The number of piperidine rings is 1. The van der Waals surface area contributed by atoms with Gasteiger partial charge in [-0.1, -0.05) is 25.1 Å². The number of methoxy groups -OCH3 is 1. The number of benzene rings is 2. The Morgan fingerprint density at radius 3 is 2.59 bits per heavy atom. The third-order valence-corrected chi connectivity index (χ3v) is 6.85. The van der Waals surface area contributed by atoms with Crippen LogP contribution < -0.4 is 9.62 Å². The van der Waals surface area contributed by atoms with Crippen molar-refractivity contribution in [2.45, 2.75) is 37.6 Å². The van der Waals surface area contributed by atoms with Crippen LogP contribution in [0, 0.1) is 5.92 Å². The molecule has 1 N–H and O–H groups in total. The molecule has 3 rings (SSSR count). The van der Waals surface area contributed by atoms with Crippen molar-refractivity contribution in [2.75, 3.05) is 25.1 Å². The Morgan fingerprint density at radius 1 is 1.21 bits per heavy atom. The minimum absolute atomic E-state index is 0.0335. The molecule has 2 atom stereocenters. The van der Waals surface area contributed by atoms with Gasteiger partial charge in [0.15, 0.2) is 0 Å². The lowest BCUT2D eigenvalue weighted by Gasteiger charge is -2.33. The second-order valence-electron chi connectivity index (χ2n) is 7.65. The minimum Gasteiger partial charge on any atom is -0.465 e. The number of ether oxygens (including phenoxy) is 1. The van der Waals surface area contributed by atoms with E-state index >= 15 is 0 Å². The summed E-state index contributed by atoms with van der Waals surface area (Å²) in [7, 11) is -2.52. The Labute approximate surface area is 172 Å². The number of rotatable bonds is 6. The number of nitrogens with one attached hydrogen (secondary N) is 1. The molecule has 2 aromatic carbocycles. The van der Waals surface area contributed by atoms with Gasteiger partial charge in [0, 0.05) is 24.8 Å². The predicted octanol–water partition coefficient (Wildman–Crippen LogP) is 3.75. The van der Waals surface area contributed by atoms with Gasteiger partial charge in [0.25, 0.3) is 0 Å². The molecule has 1 heterocycles. The molecule has 0 radical (unpaired) electrons. The zero-order chi connectivity index (χ0) is 21.0. The summed E-state index contributed by atoms with van der Waals surface area (Å²) < 4.78 is 32.9. The number of esters is 1. The van der Waals surface area contributed by atoms with Gasteiger partial charge in [-0.15, -0.1) is 0 Å². The third kappa shape index (κ3) is 5.16. The molecule has 0 aliphatic carbocycles. The molecule has 0 bridgehead atoms. The van der Waals surface area contributed by atoms with E-state index in [-0.39, 0.29) is 10.5 Å². The summed E-state index contributed by atoms with van der Waals surface area (Å²) in [5, 5.41) is 0. The van der Waals surface area contributed by atoms with Crippen LogP contribution in [0.15, 0.2) is 53.4 Å². The second kappa shape index (κ2) is 8.97. The van der Waals surface area contributed by atoms with Crippen LogP contribution in [-0.4, -0.2) is 34.6 Å². The molecule has 0 aromatic heterocycles. The van der Waals surface area contributed by atoms with E-state index < -0.39 is 22.0 Å². The molecule has 0 amide bonds. The Hall–Kier alpha value is -2.38. The highest BCUT2D eigenvalue weighted by Crippen LogP contribution is 2.25. The van der Waals surface area contributed by atoms with Crippen molar-refractivity contribution in [1.29, 1.82) is 0 Å². The van der Waals surface area contributed by atoms with E-state index in [1.54, 1.807) is 6.92 Å². The molecule has 1 fully saturated rings. The molecule has 0 saturated carbocycles. The maximum Gasteiger partial charge on any atom is 0.337 e. The van der Waals surface area contributed by atoms with Crippen LogP contribution in [0.1, 0.15) is 48.7 Å². The first-order valence-electron chi connectivity index (χ1n) is 9.86. The molecule has 1 saturated heterocycles. The molecule has 0 spiro atoms. The van der Waals surface area contributed by atoms with Crippen molar-refractivity contribution < 1.29 is 17.9 Å². The number of hydrogen-bond donors (Lipinski definition) is 1. The van der Waals surface area contributed by atoms with Crippen LogP contribution in [0.2, 0.25) is 0 Å². The Kier molecular flexibility index (Phi) is 6.59. The molecular formula is C22H28N2O4S. The summed E-state index contributed by atoms with van der Waals surface area (Å²) in [5.74, 6) is 0.118. The molecule has 29 heavy (non-hydrogen) atoms. The lowest BCUT2D eigenvalue weighted by atomic mass is 9.99. The number of carbonyl (C=O) groups is 1. The first-order valence-corrected chi connectivity index (χ1v) is 11.3. The standard InChI is InChI=1S/C22H28N2O4S/c1-16-6-5-13-24(15-16)20-11-9-18(10-12-20)17(2)23-29(26,27)21-8-4-7-19(14-21)22(25)28-3/h4,7-12,14,16-17,23H,5-6,13,15H2,1-3H3. The number of carbonyl (C=O) groups excluding carboxylic acids is 1. The van der Waals surface area contributed by atoms with Crippen LogP contribution in [0.3, 0.4) is 0 Å². The lowest BCUT2D eigenvalue weighted by molar-refractivity contribution is 0.0600. The monoisotopic (exact) mass is 416 g/mol. The number of nitrogens with zero attached hydrogens (tertiary/aromatic N) is 1. The molecule has 156 valence electrons. The average molecular weight is 417 g/mol. The summed E-state index contributed by atoms with van der Waals surface area (Å²) in [6.45, 7) is 6.19. The van der Waals surface area contributed by atoms with Gasteiger partial charge in [-0.05, 0) is 61.6 Å². The molecule has 2 unspecified atom stereocenters. The molecule has 6 nitrogen and oxygen atoms in total. The fraction of sp³-hybridized carbons (Fsp3) is 0.409. The van der Waals surface area contributed by atoms with E-state index in [0.29, 0.717) is 5.92 Å². The van der Waals surface area contributed by atoms with Gasteiger partial charge in [-0.3, -0.25) is 0 Å². The van der Waals surface area contributed by atoms with E-state index in [9.17, 15) is 13.2 Å². The van der Waals surface area contributed by atoms with Gasteiger partial charge in [0.05, 0.1) is 17.6 Å². The first kappa shape index (κ1) is 21.3. The first-order chi connectivity index (χ1) is 13.8. The summed E-state index contributed by atoms with van der Waals surface area (Å²) in [6.07, 6.45) is 2.47. The Morgan fingerprint density at radius 2 is 1.93 bits per heavy atom. The van der Waals surface area contributed by atoms with E-state index in [1.807, 2.05) is 12.1 Å². The number of sulfonamides is 1. The van der Waals surface area contributed by atoms with Crippen molar-refractivity contribution in [3.63, 3.8) is 0 Å². The van der Waals surface area contributed by atoms with Gasteiger partial charge in [0.2, 0.25) is 10.0 Å². The van der Waals surface area contributed by atoms with Crippen LogP contribution >= 0.6 is 0 Å². The maximum atomic E-state index is 12.8. The molecular weight excluding hydrogens is 388 g/mol. The maximum absolute atomic E-state index is 12.8. The minimum atomic E-state index is -3.78. The lowest BCUT2D eigenvalue weighted by Crippen LogP contribution is -2.34. The zero-order valence-electron chi connectivity index (χ0n) is 17.1. The van der Waals surface area contributed by atoms with Crippen molar-refractivity contribution in [3.05, 3.63) is 59.7 Å². The van der Waals surface area contributed by atoms with Crippen molar-refractivity contribution in [3.8, 4) is 0 Å². The smallest absolute Gasteiger partial charge is 0.337 e. The SMILES string of the molecule is COC(=O)c1cccc(S(=O)(=O)NC(C)c2ccc(N3CCCC(C)C3)cc2)c1.